The Balaban J connectivity index is 1.43. The fourth-order valence-corrected chi connectivity index (χ4v) is 5.25. The number of benzene rings is 1. The van der Waals surface area contributed by atoms with Gasteiger partial charge in [0.2, 0.25) is 0 Å². The van der Waals surface area contributed by atoms with Crippen LogP contribution in [0, 0.1) is 11.8 Å². The Hall–Kier alpha value is -1.75. The molecule has 5 atom stereocenters. The van der Waals surface area contributed by atoms with E-state index in [1.807, 2.05) is 24.3 Å². The van der Waals surface area contributed by atoms with Crippen LogP contribution >= 0.6 is 0 Å². The molecule has 25 heavy (non-hydrogen) atoms. The standard InChI is InChI=1S/C20H28N2O3/c1-13-14-11-15(17-8-5-6-10-22(13)17)19(12-14)25-20(23)21-16-7-3-4-9-18(16)24-2/h3-4,7,9,13-15,17,19H,5-6,8,10-12H2,1-2H3,(H,21,23)/t13-,14+,15+,17+,19+/m0/s1. The molecule has 3 fully saturated rings. The van der Waals surface area contributed by atoms with Crippen LogP contribution in [0.2, 0.25) is 0 Å². The molecule has 1 aliphatic carbocycles. The number of hydrogen-bond donors (Lipinski definition) is 1. The number of fused-ring (bicyclic) bond motifs is 4. The van der Waals surface area contributed by atoms with Crippen molar-refractivity contribution < 1.29 is 14.3 Å². The highest BCUT2D eigenvalue weighted by Crippen LogP contribution is 2.48. The number of hydrogen-bond acceptors (Lipinski definition) is 4. The first-order valence-corrected chi connectivity index (χ1v) is 9.53. The molecular formula is C20H28N2O3. The molecule has 5 heteroatoms. The van der Waals surface area contributed by atoms with Crippen LogP contribution in [0.15, 0.2) is 24.3 Å². The molecule has 1 aromatic carbocycles. The zero-order valence-corrected chi connectivity index (χ0v) is 15.1. The van der Waals surface area contributed by atoms with E-state index < -0.39 is 0 Å². The topological polar surface area (TPSA) is 50.8 Å². The number of methoxy groups -OCH3 is 1. The number of carbonyl (C=O) groups excluding carboxylic acids is 1. The average Bonchev–Trinajstić information content (AvgIpc) is 3.00. The third-order valence-corrected chi connectivity index (χ3v) is 6.48. The zero-order valence-electron chi connectivity index (χ0n) is 15.1. The van der Waals surface area contributed by atoms with Gasteiger partial charge in [0.15, 0.2) is 0 Å². The Morgan fingerprint density at radius 2 is 2.08 bits per heavy atom. The van der Waals surface area contributed by atoms with E-state index in [0.717, 1.165) is 6.42 Å². The normalized spacial score (nSPS) is 34.2. The molecule has 4 rings (SSSR count). The summed E-state index contributed by atoms with van der Waals surface area (Å²) in [7, 11) is 1.60. The summed E-state index contributed by atoms with van der Waals surface area (Å²) >= 11 is 0. The van der Waals surface area contributed by atoms with Gasteiger partial charge in [-0.3, -0.25) is 10.2 Å². The smallest absolute Gasteiger partial charge is 0.412 e. The maximum absolute atomic E-state index is 12.5. The van der Waals surface area contributed by atoms with Crippen molar-refractivity contribution in [1.82, 2.24) is 4.90 Å². The summed E-state index contributed by atoms with van der Waals surface area (Å²) in [5.41, 5.74) is 0.656. The maximum atomic E-state index is 12.5. The third kappa shape index (κ3) is 3.10. The molecule has 1 N–H and O–H groups in total. The van der Waals surface area contributed by atoms with Crippen molar-refractivity contribution in [3.8, 4) is 5.75 Å². The summed E-state index contributed by atoms with van der Waals surface area (Å²) in [5.74, 6) is 1.80. The van der Waals surface area contributed by atoms with E-state index in [9.17, 15) is 4.79 Å². The minimum absolute atomic E-state index is 0.0373. The number of ether oxygens (including phenoxy) is 2. The predicted molar refractivity (Wildman–Crippen MR) is 96.9 cm³/mol. The molecule has 0 spiro atoms. The van der Waals surface area contributed by atoms with Crippen LogP contribution in [0.25, 0.3) is 0 Å². The first kappa shape index (κ1) is 16.7. The lowest BCUT2D eigenvalue weighted by molar-refractivity contribution is -0.00871. The van der Waals surface area contributed by atoms with Crippen LogP contribution in [0.3, 0.4) is 0 Å². The molecule has 2 heterocycles. The van der Waals surface area contributed by atoms with Gasteiger partial charge in [0, 0.05) is 18.0 Å². The van der Waals surface area contributed by atoms with Crippen molar-refractivity contribution in [2.75, 3.05) is 19.0 Å². The van der Waals surface area contributed by atoms with E-state index >= 15 is 0 Å². The van der Waals surface area contributed by atoms with Gasteiger partial charge in [0.1, 0.15) is 11.9 Å². The van der Waals surface area contributed by atoms with Crippen LogP contribution in [-0.4, -0.2) is 42.8 Å². The van der Waals surface area contributed by atoms with E-state index in [0.29, 0.717) is 35.4 Å². The fraction of sp³-hybridized carbons (Fsp3) is 0.650. The quantitative estimate of drug-likeness (QED) is 0.904. The molecule has 1 amide bonds. The van der Waals surface area contributed by atoms with E-state index in [1.165, 1.54) is 32.2 Å². The van der Waals surface area contributed by atoms with Crippen molar-refractivity contribution in [3.63, 3.8) is 0 Å². The SMILES string of the molecule is COc1ccccc1NC(=O)O[C@@H]1C[C@H]2C[C@@H]1[C@H]1CCCCN1[C@H]2C. The Labute approximate surface area is 149 Å². The summed E-state index contributed by atoms with van der Waals surface area (Å²) in [4.78, 5) is 15.1. The lowest BCUT2D eigenvalue weighted by atomic mass is 9.81. The Bertz CT molecular complexity index is 635. The molecule has 1 aromatic rings. The van der Waals surface area contributed by atoms with Crippen LogP contribution in [0.1, 0.15) is 39.0 Å². The summed E-state index contributed by atoms with van der Waals surface area (Å²) in [5, 5.41) is 2.85. The molecule has 5 nitrogen and oxygen atoms in total. The summed E-state index contributed by atoms with van der Waals surface area (Å²) in [6.07, 6.45) is 5.73. The molecule has 2 saturated heterocycles. The number of nitrogens with zero attached hydrogens (tertiary/aromatic N) is 1. The number of piperidine rings is 2. The zero-order chi connectivity index (χ0) is 17.4. The minimum atomic E-state index is -0.364. The second-order valence-corrected chi connectivity index (χ2v) is 7.71. The number of rotatable bonds is 3. The maximum Gasteiger partial charge on any atom is 0.412 e. The third-order valence-electron chi connectivity index (χ3n) is 6.48. The van der Waals surface area contributed by atoms with Gasteiger partial charge in [0.25, 0.3) is 0 Å². The molecular weight excluding hydrogens is 316 g/mol. The van der Waals surface area contributed by atoms with Crippen LogP contribution in [-0.2, 0) is 4.74 Å². The van der Waals surface area contributed by atoms with Crippen molar-refractivity contribution in [1.29, 1.82) is 0 Å². The van der Waals surface area contributed by atoms with Gasteiger partial charge >= 0.3 is 6.09 Å². The lowest BCUT2D eigenvalue weighted by Crippen LogP contribution is -2.54. The molecule has 2 bridgehead atoms. The van der Waals surface area contributed by atoms with E-state index in [4.69, 9.17) is 9.47 Å². The van der Waals surface area contributed by atoms with Gasteiger partial charge in [-0.25, -0.2) is 4.79 Å². The Morgan fingerprint density at radius 1 is 1.24 bits per heavy atom. The first-order chi connectivity index (χ1) is 12.2. The fourth-order valence-electron chi connectivity index (χ4n) is 5.25. The predicted octanol–water partition coefficient (Wildman–Crippen LogP) is 3.90. The second-order valence-electron chi connectivity index (χ2n) is 7.71. The van der Waals surface area contributed by atoms with Crippen molar-refractivity contribution in [2.24, 2.45) is 11.8 Å². The van der Waals surface area contributed by atoms with E-state index in [1.54, 1.807) is 7.11 Å². The number of para-hydroxylation sites is 2. The number of nitrogens with one attached hydrogen (secondary N) is 1. The molecule has 0 aromatic heterocycles. The molecule has 136 valence electrons. The molecule has 0 unspecified atom stereocenters. The Kier molecular flexibility index (Phi) is 4.59. The molecule has 0 radical (unpaired) electrons. The highest BCUT2D eigenvalue weighted by molar-refractivity contribution is 5.86. The highest BCUT2D eigenvalue weighted by Gasteiger charge is 2.51. The van der Waals surface area contributed by atoms with E-state index in [2.05, 4.69) is 17.1 Å². The Morgan fingerprint density at radius 3 is 2.92 bits per heavy atom. The summed E-state index contributed by atoms with van der Waals surface area (Å²) in [6, 6.07) is 8.63. The van der Waals surface area contributed by atoms with Gasteiger partial charge in [-0.2, -0.15) is 0 Å². The van der Waals surface area contributed by atoms with Crippen molar-refractivity contribution >= 4 is 11.8 Å². The van der Waals surface area contributed by atoms with Gasteiger partial charge in [0.05, 0.1) is 12.8 Å². The number of anilines is 1. The van der Waals surface area contributed by atoms with Gasteiger partial charge < -0.3 is 9.47 Å². The summed E-state index contributed by atoms with van der Waals surface area (Å²) in [6.45, 7) is 3.56. The van der Waals surface area contributed by atoms with Crippen molar-refractivity contribution in [2.45, 2.75) is 57.2 Å². The molecule has 2 aliphatic heterocycles. The van der Waals surface area contributed by atoms with Crippen molar-refractivity contribution in [3.05, 3.63) is 24.3 Å². The van der Waals surface area contributed by atoms with Crippen LogP contribution in [0.4, 0.5) is 10.5 Å². The summed E-state index contributed by atoms with van der Waals surface area (Å²) < 4.78 is 11.2. The van der Waals surface area contributed by atoms with E-state index in [-0.39, 0.29) is 12.2 Å². The van der Waals surface area contributed by atoms with Gasteiger partial charge in [-0.15, -0.1) is 0 Å². The molecule has 3 aliphatic rings. The lowest BCUT2D eigenvalue weighted by Gasteiger charge is -2.47. The van der Waals surface area contributed by atoms with Gasteiger partial charge in [-0.1, -0.05) is 18.6 Å². The minimum Gasteiger partial charge on any atom is -0.495 e. The number of amides is 1. The molecule has 1 saturated carbocycles. The second kappa shape index (κ2) is 6.87. The first-order valence-electron chi connectivity index (χ1n) is 9.53. The highest BCUT2D eigenvalue weighted by atomic mass is 16.6. The largest absolute Gasteiger partial charge is 0.495 e. The average molecular weight is 344 g/mol. The monoisotopic (exact) mass is 344 g/mol. The van der Waals surface area contributed by atoms with Gasteiger partial charge in [-0.05, 0) is 57.2 Å². The van der Waals surface area contributed by atoms with Crippen LogP contribution in [0.5, 0.6) is 5.75 Å². The number of carbonyl (C=O) groups is 1. The van der Waals surface area contributed by atoms with Crippen LogP contribution < -0.4 is 10.1 Å².